The predicted molar refractivity (Wildman–Crippen MR) is 86.0 cm³/mol. The predicted octanol–water partition coefficient (Wildman–Crippen LogP) is 2.84. The molecule has 0 radical (unpaired) electrons. The Morgan fingerprint density at radius 3 is 3.05 bits per heavy atom. The molecule has 4 heteroatoms. The maximum Gasteiger partial charge on any atom is 0.264 e. The van der Waals surface area contributed by atoms with Crippen molar-refractivity contribution in [2.45, 2.75) is 57.5 Å². The lowest BCUT2D eigenvalue weighted by molar-refractivity contribution is 0.0685. The molecule has 1 aliphatic carbocycles. The van der Waals surface area contributed by atoms with Crippen molar-refractivity contribution in [3.63, 3.8) is 0 Å². The van der Waals surface area contributed by atoms with Gasteiger partial charge in [-0.05, 0) is 62.6 Å². The molecule has 3 unspecified atom stereocenters. The molecule has 1 aromatic rings. The summed E-state index contributed by atoms with van der Waals surface area (Å²) in [7, 11) is 0. The molecule has 3 nitrogen and oxygen atoms in total. The fraction of sp³-hybridized carbons (Fsp3) is 0.706. The summed E-state index contributed by atoms with van der Waals surface area (Å²) in [4.78, 5) is 17.7. The first-order chi connectivity index (χ1) is 10.2. The van der Waals surface area contributed by atoms with Crippen molar-refractivity contribution in [2.75, 3.05) is 13.1 Å². The number of nitrogens with one attached hydrogen (secondary N) is 1. The minimum absolute atomic E-state index is 0.304. The summed E-state index contributed by atoms with van der Waals surface area (Å²) in [5.41, 5.74) is 1.45. The first kappa shape index (κ1) is 13.8. The van der Waals surface area contributed by atoms with Crippen LogP contribution in [-0.4, -0.2) is 36.0 Å². The second kappa shape index (κ2) is 5.40. The molecule has 1 amide bonds. The first-order valence-electron chi connectivity index (χ1n) is 8.37. The molecule has 0 saturated carbocycles. The first-order valence-corrected chi connectivity index (χ1v) is 9.19. The van der Waals surface area contributed by atoms with Crippen molar-refractivity contribution in [1.29, 1.82) is 0 Å². The molecule has 2 saturated heterocycles. The quantitative estimate of drug-likeness (QED) is 0.865. The van der Waals surface area contributed by atoms with Gasteiger partial charge in [0.25, 0.3) is 5.91 Å². The minimum Gasteiger partial charge on any atom is -0.331 e. The van der Waals surface area contributed by atoms with E-state index in [1.54, 1.807) is 11.3 Å². The van der Waals surface area contributed by atoms with Crippen molar-refractivity contribution in [1.82, 2.24) is 10.2 Å². The largest absolute Gasteiger partial charge is 0.331 e. The Kier molecular flexibility index (Phi) is 3.54. The van der Waals surface area contributed by atoms with E-state index in [2.05, 4.69) is 23.2 Å². The van der Waals surface area contributed by atoms with Gasteiger partial charge in [0.2, 0.25) is 0 Å². The zero-order valence-corrected chi connectivity index (χ0v) is 13.5. The lowest BCUT2D eigenvalue weighted by Crippen LogP contribution is -2.42. The Labute approximate surface area is 130 Å². The third-order valence-corrected chi connectivity index (χ3v) is 6.65. The lowest BCUT2D eigenvalue weighted by Gasteiger charge is -2.27. The van der Waals surface area contributed by atoms with Crippen molar-refractivity contribution < 1.29 is 4.79 Å². The number of hydrogen-bond acceptors (Lipinski definition) is 3. The van der Waals surface area contributed by atoms with E-state index in [1.165, 1.54) is 36.1 Å². The zero-order valence-electron chi connectivity index (χ0n) is 12.7. The van der Waals surface area contributed by atoms with Crippen LogP contribution in [0.3, 0.4) is 0 Å². The van der Waals surface area contributed by atoms with Gasteiger partial charge in [-0.3, -0.25) is 4.79 Å². The second-order valence-corrected chi connectivity index (χ2v) is 8.13. The molecule has 2 aliphatic heterocycles. The van der Waals surface area contributed by atoms with Gasteiger partial charge in [0.15, 0.2) is 0 Å². The normalized spacial score (nSPS) is 31.9. The molecule has 3 aliphatic rings. The zero-order chi connectivity index (χ0) is 14.4. The smallest absolute Gasteiger partial charge is 0.264 e. The van der Waals surface area contributed by atoms with E-state index in [0.29, 0.717) is 18.0 Å². The van der Waals surface area contributed by atoms with Gasteiger partial charge in [0.1, 0.15) is 0 Å². The highest BCUT2D eigenvalue weighted by atomic mass is 32.1. The SMILES string of the molecule is CC1CCc2sc(C(=O)N3C4CCNCC3CC4)cc2C1. The maximum absolute atomic E-state index is 13.0. The van der Waals surface area contributed by atoms with Gasteiger partial charge in [-0.25, -0.2) is 0 Å². The van der Waals surface area contributed by atoms with Crippen molar-refractivity contribution in [3.8, 4) is 0 Å². The molecular formula is C17H24N2OS. The van der Waals surface area contributed by atoms with E-state index in [-0.39, 0.29) is 0 Å². The number of nitrogens with zero attached hydrogens (tertiary/aromatic N) is 1. The van der Waals surface area contributed by atoms with Gasteiger partial charge in [-0.2, -0.15) is 0 Å². The highest BCUT2D eigenvalue weighted by Crippen LogP contribution is 2.35. The summed E-state index contributed by atoms with van der Waals surface area (Å²) in [5, 5.41) is 3.48. The molecule has 0 aromatic carbocycles. The van der Waals surface area contributed by atoms with Crippen LogP contribution in [0.5, 0.6) is 0 Å². The third-order valence-electron chi connectivity index (χ3n) is 5.43. The molecule has 3 atom stereocenters. The van der Waals surface area contributed by atoms with Crippen LogP contribution in [0.2, 0.25) is 0 Å². The Morgan fingerprint density at radius 1 is 1.29 bits per heavy atom. The number of fused-ring (bicyclic) bond motifs is 3. The van der Waals surface area contributed by atoms with Gasteiger partial charge in [-0.1, -0.05) is 6.92 Å². The van der Waals surface area contributed by atoms with E-state index < -0.39 is 0 Å². The number of hydrogen-bond donors (Lipinski definition) is 1. The van der Waals surface area contributed by atoms with E-state index in [9.17, 15) is 4.79 Å². The minimum atomic E-state index is 0.304. The van der Waals surface area contributed by atoms with E-state index in [4.69, 9.17) is 0 Å². The molecule has 0 spiro atoms. The van der Waals surface area contributed by atoms with E-state index in [1.807, 2.05) is 0 Å². The number of carbonyl (C=O) groups is 1. The lowest BCUT2D eigenvalue weighted by atomic mass is 9.90. The number of amides is 1. The van der Waals surface area contributed by atoms with Crippen molar-refractivity contribution >= 4 is 17.2 Å². The average molecular weight is 304 g/mol. The monoisotopic (exact) mass is 304 g/mol. The Hall–Kier alpha value is -0.870. The summed E-state index contributed by atoms with van der Waals surface area (Å²) in [6, 6.07) is 3.09. The van der Waals surface area contributed by atoms with Crippen LogP contribution >= 0.6 is 11.3 Å². The number of carbonyl (C=O) groups excluding carboxylic acids is 1. The molecule has 4 rings (SSSR count). The molecule has 3 heterocycles. The van der Waals surface area contributed by atoms with Crippen LogP contribution in [0.15, 0.2) is 6.07 Å². The molecule has 2 bridgehead atoms. The van der Waals surface area contributed by atoms with Crippen LogP contribution in [-0.2, 0) is 12.8 Å². The van der Waals surface area contributed by atoms with Crippen LogP contribution in [0.25, 0.3) is 0 Å². The standard InChI is InChI=1S/C17H24N2OS/c1-11-2-5-15-12(8-11)9-16(21-15)17(20)19-13-3-4-14(19)10-18-7-6-13/h9,11,13-14,18H,2-8,10H2,1H3. The van der Waals surface area contributed by atoms with Gasteiger partial charge in [-0.15, -0.1) is 11.3 Å². The topological polar surface area (TPSA) is 32.3 Å². The van der Waals surface area contributed by atoms with Crippen LogP contribution in [0, 0.1) is 5.92 Å². The molecule has 114 valence electrons. The highest BCUT2D eigenvalue weighted by Gasteiger charge is 2.39. The fourth-order valence-electron chi connectivity index (χ4n) is 4.25. The molecule has 1 aromatic heterocycles. The number of rotatable bonds is 1. The summed E-state index contributed by atoms with van der Waals surface area (Å²) in [6.07, 6.45) is 7.09. The summed E-state index contributed by atoms with van der Waals surface area (Å²) < 4.78 is 0. The summed E-state index contributed by atoms with van der Waals surface area (Å²) in [5.74, 6) is 1.08. The number of aryl methyl sites for hydroxylation is 1. The maximum atomic E-state index is 13.0. The van der Waals surface area contributed by atoms with Gasteiger partial charge < -0.3 is 10.2 Å². The Morgan fingerprint density at radius 2 is 2.14 bits per heavy atom. The highest BCUT2D eigenvalue weighted by molar-refractivity contribution is 7.14. The fourth-order valence-corrected chi connectivity index (χ4v) is 5.40. The molecule has 2 fully saturated rings. The second-order valence-electron chi connectivity index (χ2n) is 7.00. The Balaban J connectivity index is 1.60. The molecule has 1 N–H and O–H groups in total. The van der Waals surface area contributed by atoms with Gasteiger partial charge in [0, 0.05) is 23.5 Å². The molecular weight excluding hydrogens is 280 g/mol. The Bertz CT molecular complexity index is 539. The van der Waals surface area contributed by atoms with Gasteiger partial charge in [0.05, 0.1) is 4.88 Å². The average Bonchev–Trinajstić information content (AvgIpc) is 2.97. The van der Waals surface area contributed by atoms with Crippen LogP contribution in [0.4, 0.5) is 0 Å². The molecule has 21 heavy (non-hydrogen) atoms. The third kappa shape index (κ3) is 2.42. The van der Waals surface area contributed by atoms with Crippen molar-refractivity contribution in [2.24, 2.45) is 5.92 Å². The van der Waals surface area contributed by atoms with E-state index in [0.717, 1.165) is 36.7 Å². The van der Waals surface area contributed by atoms with Crippen LogP contribution < -0.4 is 5.32 Å². The van der Waals surface area contributed by atoms with Crippen LogP contribution in [0.1, 0.15) is 52.7 Å². The van der Waals surface area contributed by atoms with E-state index >= 15 is 0 Å². The summed E-state index contributed by atoms with van der Waals surface area (Å²) in [6.45, 7) is 4.36. The van der Waals surface area contributed by atoms with Crippen molar-refractivity contribution in [3.05, 3.63) is 21.4 Å². The number of thiophene rings is 1. The summed E-state index contributed by atoms with van der Waals surface area (Å²) >= 11 is 1.77. The van der Waals surface area contributed by atoms with Gasteiger partial charge >= 0.3 is 0 Å².